The first-order valence-electron chi connectivity index (χ1n) is 10.9. The molecule has 2 heterocycles. The first-order valence-corrected chi connectivity index (χ1v) is 7.44. The number of hydrogen-bond donors (Lipinski definition) is 1. The molecule has 2 bridgehead atoms. The molecule has 0 aromatic heterocycles. The van der Waals surface area contributed by atoms with Crippen LogP contribution in [-0.4, -0.2) is 48.8 Å². The summed E-state index contributed by atoms with van der Waals surface area (Å²) in [4.78, 5) is 1.65. The van der Waals surface area contributed by atoms with Crippen LogP contribution < -0.4 is 9.47 Å². The SMILES string of the molecule is [2H]C([2H])([2H])Oc1ccc2c3c1OC1([2H])C(O)C=C[C@@H]4[C@@]31CCN(C)[C@]4([2H])C2([2H])[2H]. The molecule has 5 rings (SSSR count). The molecule has 22 heavy (non-hydrogen) atoms. The molecule has 0 radical (unpaired) electrons. The van der Waals surface area contributed by atoms with Crippen molar-refractivity contribution in [2.75, 3.05) is 20.6 Å². The van der Waals surface area contributed by atoms with Crippen molar-refractivity contribution in [2.24, 2.45) is 5.92 Å². The summed E-state index contributed by atoms with van der Waals surface area (Å²) in [5, 5.41) is 10.7. The van der Waals surface area contributed by atoms with Crippen molar-refractivity contribution in [3.8, 4) is 11.5 Å². The highest BCUT2D eigenvalue weighted by Gasteiger charge is 2.64. The first-order chi connectivity index (χ1) is 13.3. The fraction of sp³-hybridized carbons (Fsp3) is 0.556. The summed E-state index contributed by atoms with van der Waals surface area (Å²) in [5.41, 5.74) is -0.664. The number of aliphatic hydroxyl groups is 1. The predicted molar refractivity (Wildman–Crippen MR) is 82.5 cm³/mol. The Bertz CT molecular complexity index is 950. The van der Waals surface area contributed by atoms with Gasteiger partial charge in [-0.05, 0) is 38.0 Å². The van der Waals surface area contributed by atoms with Crippen molar-refractivity contribution in [1.82, 2.24) is 4.90 Å². The third-order valence-electron chi connectivity index (χ3n) is 5.42. The van der Waals surface area contributed by atoms with Crippen molar-refractivity contribution in [3.63, 3.8) is 0 Å². The Hall–Kier alpha value is -1.52. The van der Waals surface area contributed by atoms with Gasteiger partial charge in [-0.2, -0.15) is 0 Å². The van der Waals surface area contributed by atoms with Gasteiger partial charge in [-0.25, -0.2) is 0 Å². The van der Waals surface area contributed by atoms with E-state index in [1.54, 1.807) is 18.0 Å². The maximum Gasteiger partial charge on any atom is 0.165 e. The summed E-state index contributed by atoms with van der Waals surface area (Å²) in [6.07, 6.45) is -2.02. The molecule has 5 atom stereocenters. The normalized spacial score (nSPS) is 55.3. The average Bonchev–Trinajstić information content (AvgIpc) is 2.88. The summed E-state index contributed by atoms with van der Waals surface area (Å²) in [6, 6.07) is 1.02. The van der Waals surface area contributed by atoms with Gasteiger partial charge in [0.15, 0.2) is 11.5 Å². The minimum atomic E-state index is -2.76. The molecule has 0 saturated carbocycles. The second kappa shape index (κ2) is 4.06. The third-order valence-corrected chi connectivity index (χ3v) is 5.42. The molecule has 1 aromatic rings. The smallest absolute Gasteiger partial charge is 0.165 e. The number of hydrogen-bond acceptors (Lipinski definition) is 4. The molecule has 1 aromatic carbocycles. The summed E-state index contributed by atoms with van der Waals surface area (Å²) in [7, 11) is -1.07. The topological polar surface area (TPSA) is 41.9 Å². The number of rotatable bonds is 1. The monoisotopic (exact) mass is 306 g/mol. The van der Waals surface area contributed by atoms with Crippen LogP contribution in [-0.2, 0) is 11.8 Å². The number of benzene rings is 1. The van der Waals surface area contributed by atoms with Crippen LogP contribution in [0.1, 0.15) is 27.1 Å². The van der Waals surface area contributed by atoms with Crippen LogP contribution in [0.2, 0.25) is 0 Å². The highest BCUT2D eigenvalue weighted by Crippen LogP contribution is 2.62. The summed E-state index contributed by atoms with van der Waals surface area (Å²) in [5.74, 6) is -0.907. The van der Waals surface area contributed by atoms with E-state index in [0.29, 0.717) is 18.5 Å². The molecule has 1 saturated heterocycles. The Kier molecular flexibility index (Phi) is 1.45. The van der Waals surface area contributed by atoms with Gasteiger partial charge in [0, 0.05) is 27.0 Å². The van der Waals surface area contributed by atoms with Gasteiger partial charge in [0.1, 0.15) is 12.2 Å². The van der Waals surface area contributed by atoms with Crippen LogP contribution in [0, 0.1) is 5.92 Å². The molecule has 1 N–H and O–H groups in total. The first kappa shape index (κ1) is 7.84. The number of methoxy groups -OCH3 is 1. The summed E-state index contributed by atoms with van der Waals surface area (Å²) in [6.45, 7) is 0.327. The molecule has 4 aliphatic rings. The predicted octanol–water partition coefficient (Wildman–Crippen LogP) is 1.50. The Morgan fingerprint density at radius 2 is 2.45 bits per heavy atom. The lowest BCUT2D eigenvalue weighted by molar-refractivity contribution is -0.0453. The van der Waals surface area contributed by atoms with Gasteiger partial charge in [0.2, 0.25) is 0 Å². The maximum absolute atomic E-state index is 10.7. The molecule has 116 valence electrons. The Morgan fingerprint density at radius 1 is 1.55 bits per heavy atom. The van der Waals surface area contributed by atoms with Crippen LogP contribution in [0.5, 0.6) is 11.5 Å². The fourth-order valence-electron chi connectivity index (χ4n) is 4.46. The second-order valence-electron chi connectivity index (χ2n) is 6.34. The van der Waals surface area contributed by atoms with E-state index in [-0.39, 0.29) is 17.1 Å². The second-order valence-corrected chi connectivity index (χ2v) is 6.34. The van der Waals surface area contributed by atoms with Crippen LogP contribution in [0.3, 0.4) is 0 Å². The highest BCUT2D eigenvalue weighted by molar-refractivity contribution is 5.62. The van der Waals surface area contributed by atoms with Crippen molar-refractivity contribution in [2.45, 2.75) is 36.4 Å². The van der Waals surface area contributed by atoms with Gasteiger partial charge < -0.3 is 19.5 Å². The zero-order valence-corrected chi connectivity index (χ0v) is 12.1. The molecule has 2 aliphatic heterocycles. The maximum atomic E-state index is 10.7. The van der Waals surface area contributed by atoms with E-state index in [1.165, 1.54) is 18.2 Å². The van der Waals surface area contributed by atoms with Crippen molar-refractivity contribution in [3.05, 3.63) is 35.4 Å². The number of ether oxygens (including phenoxy) is 2. The molecular weight excluding hydrogens is 278 g/mol. The van der Waals surface area contributed by atoms with Crippen molar-refractivity contribution in [1.29, 1.82) is 0 Å². The lowest BCUT2D eigenvalue weighted by Gasteiger charge is -2.56. The summed E-state index contributed by atoms with van der Waals surface area (Å²) < 4.78 is 69.5. The van der Waals surface area contributed by atoms with Gasteiger partial charge in [-0.1, -0.05) is 18.2 Å². The highest BCUT2D eigenvalue weighted by atomic mass is 16.5. The molecule has 2 aliphatic carbocycles. The number of piperidine rings is 1. The molecule has 4 nitrogen and oxygen atoms in total. The molecular formula is C18H21NO3. The van der Waals surface area contributed by atoms with E-state index >= 15 is 0 Å². The van der Waals surface area contributed by atoms with Crippen molar-refractivity contribution >= 4 is 0 Å². The van der Waals surface area contributed by atoms with Gasteiger partial charge in [-0.3, -0.25) is 0 Å². The molecule has 2 unspecified atom stereocenters. The van der Waals surface area contributed by atoms with Crippen LogP contribution in [0.25, 0.3) is 0 Å². The Labute approximate surface area is 140 Å². The molecule has 4 heteroatoms. The van der Waals surface area contributed by atoms with Crippen molar-refractivity contribution < 1.29 is 24.2 Å². The van der Waals surface area contributed by atoms with Crippen LogP contribution in [0.4, 0.5) is 0 Å². The van der Waals surface area contributed by atoms with E-state index in [0.717, 1.165) is 0 Å². The lowest BCUT2D eigenvalue weighted by atomic mass is 9.53. The Morgan fingerprint density at radius 3 is 3.32 bits per heavy atom. The zero-order chi connectivity index (χ0) is 21.2. The number of likely N-dealkylation sites (tertiary alicyclic amines) is 1. The zero-order valence-electron chi connectivity index (χ0n) is 19.1. The van der Waals surface area contributed by atoms with Gasteiger partial charge in [0.25, 0.3) is 0 Å². The lowest BCUT2D eigenvalue weighted by Crippen LogP contribution is -2.64. The van der Waals surface area contributed by atoms with E-state index in [1.807, 2.05) is 0 Å². The van der Waals surface area contributed by atoms with E-state index in [4.69, 9.17) is 17.7 Å². The number of aliphatic hydroxyl groups excluding tert-OH is 1. The van der Waals surface area contributed by atoms with Crippen LogP contribution in [0.15, 0.2) is 24.3 Å². The quantitative estimate of drug-likeness (QED) is 0.799. The molecule has 1 spiro atoms. The minimum Gasteiger partial charge on any atom is -0.493 e. The minimum absolute atomic E-state index is 0.0168. The van der Waals surface area contributed by atoms with Gasteiger partial charge in [0.05, 0.1) is 12.5 Å². The average molecular weight is 306 g/mol. The van der Waals surface area contributed by atoms with Gasteiger partial charge in [-0.15, -0.1) is 0 Å². The molecule has 0 amide bonds. The van der Waals surface area contributed by atoms with E-state index in [9.17, 15) is 6.48 Å². The number of likely N-dealkylation sites (N-methyl/N-ethyl adjacent to an activating group) is 1. The van der Waals surface area contributed by atoms with Crippen LogP contribution >= 0.6 is 0 Å². The van der Waals surface area contributed by atoms with E-state index < -0.39 is 42.9 Å². The molecule has 1 fully saturated rings. The standard InChI is InChI=1S/C18H21NO3/c1-19-8-7-18-11-4-5-13(20)17(18)22-16-14(21-2)6-3-10(15(16)18)9-12(11)19/h3-6,11-13,17,20H,7-9H2,1-2H3/t11-,12+,13?,17?,18-/m0/s1/i2D3,9D2,12D,17D. The Balaban J connectivity index is 1.89. The van der Waals surface area contributed by atoms with Gasteiger partial charge >= 0.3 is 0 Å². The third kappa shape index (κ3) is 1.28. The number of nitrogens with zero attached hydrogens (tertiary/aromatic N) is 1. The van der Waals surface area contributed by atoms with E-state index in [2.05, 4.69) is 0 Å². The largest absolute Gasteiger partial charge is 0.493 e. The summed E-state index contributed by atoms with van der Waals surface area (Å²) >= 11 is 0. The fourth-order valence-corrected chi connectivity index (χ4v) is 4.46.